The second-order valence-corrected chi connectivity index (χ2v) is 6.95. The second kappa shape index (κ2) is 9.70. The van der Waals surface area contributed by atoms with E-state index < -0.39 is 0 Å². The van der Waals surface area contributed by atoms with Gasteiger partial charge < -0.3 is 9.64 Å². The normalized spacial score (nSPS) is 19.2. The molecule has 1 atom stereocenters. The predicted octanol–water partition coefficient (Wildman–Crippen LogP) is 2.50. The summed E-state index contributed by atoms with van der Waals surface area (Å²) in [6.45, 7) is 7.05. The molecule has 0 bridgehead atoms. The Morgan fingerprint density at radius 1 is 1.24 bits per heavy atom. The van der Waals surface area contributed by atoms with E-state index in [9.17, 15) is 0 Å². The van der Waals surface area contributed by atoms with Gasteiger partial charge in [0.05, 0.1) is 6.10 Å². The molecule has 5 nitrogen and oxygen atoms in total. The molecule has 1 saturated heterocycles. The van der Waals surface area contributed by atoms with Gasteiger partial charge in [-0.15, -0.1) is 0 Å². The van der Waals surface area contributed by atoms with Crippen molar-refractivity contribution < 1.29 is 4.74 Å². The van der Waals surface area contributed by atoms with Crippen molar-refractivity contribution in [2.45, 2.75) is 32.0 Å². The summed E-state index contributed by atoms with van der Waals surface area (Å²) >= 11 is 0. The zero-order valence-corrected chi connectivity index (χ0v) is 15.3. The molecule has 3 rings (SSSR count). The second-order valence-electron chi connectivity index (χ2n) is 6.95. The Bertz CT molecular complexity index is 587. The van der Waals surface area contributed by atoms with E-state index in [-0.39, 0.29) is 0 Å². The molecule has 0 unspecified atom stereocenters. The first-order valence-electron chi connectivity index (χ1n) is 9.33. The standard InChI is InChI=1S/C20H30N4O/c1-22(11-6-14-24-13-5-10-21-24)17-20-18-23(12-7-15-25-20)16-19-8-3-2-4-9-19/h2-5,8-10,13,20H,6-7,11-12,14-18H2,1H3/t20-/m0/s1. The number of aryl methyl sites for hydroxylation is 1. The number of rotatable bonds is 8. The minimum atomic E-state index is 0.293. The minimum absolute atomic E-state index is 0.293. The summed E-state index contributed by atoms with van der Waals surface area (Å²) in [4.78, 5) is 4.92. The molecule has 0 radical (unpaired) electrons. The van der Waals surface area contributed by atoms with Crippen molar-refractivity contribution in [3.63, 3.8) is 0 Å². The Balaban J connectivity index is 1.42. The summed E-state index contributed by atoms with van der Waals surface area (Å²) < 4.78 is 8.09. The van der Waals surface area contributed by atoms with E-state index in [0.29, 0.717) is 6.10 Å². The minimum Gasteiger partial charge on any atom is -0.376 e. The Kier molecular flexibility index (Phi) is 7.03. The zero-order valence-electron chi connectivity index (χ0n) is 15.3. The highest BCUT2D eigenvalue weighted by molar-refractivity contribution is 5.14. The molecule has 0 spiro atoms. The van der Waals surface area contributed by atoms with Gasteiger partial charge in [-0.2, -0.15) is 5.10 Å². The molecule has 2 heterocycles. The van der Waals surface area contributed by atoms with Crippen LogP contribution < -0.4 is 0 Å². The molecule has 1 aliphatic rings. The molecule has 1 fully saturated rings. The van der Waals surface area contributed by atoms with Crippen molar-refractivity contribution in [2.24, 2.45) is 0 Å². The van der Waals surface area contributed by atoms with Crippen molar-refractivity contribution >= 4 is 0 Å². The lowest BCUT2D eigenvalue weighted by molar-refractivity contribution is 0.0308. The van der Waals surface area contributed by atoms with Crippen molar-refractivity contribution in [3.8, 4) is 0 Å². The van der Waals surface area contributed by atoms with Crippen LogP contribution in [0, 0.1) is 0 Å². The monoisotopic (exact) mass is 342 g/mol. The van der Waals surface area contributed by atoms with Gasteiger partial charge in [0.1, 0.15) is 0 Å². The summed E-state index contributed by atoms with van der Waals surface area (Å²) in [7, 11) is 2.19. The van der Waals surface area contributed by atoms with E-state index in [1.54, 1.807) is 0 Å². The third-order valence-electron chi connectivity index (χ3n) is 4.68. The van der Waals surface area contributed by atoms with E-state index in [0.717, 1.165) is 58.7 Å². The molecular formula is C20H30N4O. The highest BCUT2D eigenvalue weighted by atomic mass is 16.5. The molecule has 0 amide bonds. The van der Waals surface area contributed by atoms with Gasteiger partial charge >= 0.3 is 0 Å². The van der Waals surface area contributed by atoms with Crippen LogP contribution >= 0.6 is 0 Å². The third-order valence-corrected chi connectivity index (χ3v) is 4.68. The maximum atomic E-state index is 6.09. The zero-order chi connectivity index (χ0) is 17.3. The van der Waals surface area contributed by atoms with E-state index in [2.05, 4.69) is 52.3 Å². The first-order chi connectivity index (χ1) is 12.3. The van der Waals surface area contributed by atoms with Crippen LogP contribution in [-0.2, 0) is 17.8 Å². The molecule has 0 aliphatic carbocycles. The van der Waals surface area contributed by atoms with Gasteiger partial charge in [0, 0.05) is 51.7 Å². The van der Waals surface area contributed by atoms with Crippen LogP contribution in [0.4, 0.5) is 0 Å². The first-order valence-corrected chi connectivity index (χ1v) is 9.33. The quantitative estimate of drug-likeness (QED) is 0.738. The lowest BCUT2D eigenvalue weighted by atomic mass is 10.2. The smallest absolute Gasteiger partial charge is 0.0828 e. The number of hydrogen-bond donors (Lipinski definition) is 0. The van der Waals surface area contributed by atoms with Gasteiger partial charge in [-0.25, -0.2) is 0 Å². The van der Waals surface area contributed by atoms with Gasteiger partial charge in [0.25, 0.3) is 0 Å². The fraction of sp³-hybridized carbons (Fsp3) is 0.550. The molecule has 1 aromatic carbocycles. The summed E-state index contributed by atoms with van der Waals surface area (Å²) in [6, 6.07) is 12.7. The van der Waals surface area contributed by atoms with Gasteiger partial charge in [-0.1, -0.05) is 30.3 Å². The van der Waals surface area contributed by atoms with Gasteiger partial charge in [-0.3, -0.25) is 9.58 Å². The Hall–Kier alpha value is -1.69. The van der Waals surface area contributed by atoms with Gasteiger partial charge in [0.2, 0.25) is 0 Å². The molecule has 1 aliphatic heterocycles. The summed E-state index contributed by atoms with van der Waals surface area (Å²) in [5.74, 6) is 0. The number of hydrogen-bond acceptors (Lipinski definition) is 4. The van der Waals surface area contributed by atoms with Crippen LogP contribution in [0.1, 0.15) is 18.4 Å². The number of likely N-dealkylation sites (N-methyl/N-ethyl adjacent to an activating group) is 1. The van der Waals surface area contributed by atoms with Crippen molar-refractivity contribution in [1.29, 1.82) is 0 Å². The number of aromatic nitrogens is 2. The van der Waals surface area contributed by atoms with Crippen LogP contribution in [0.15, 0.2) is 48.8 Å². The van der Waals surface area contributed by atoms with Crippen molar-refractivity contribution in [1.82, 2.24) is 19.6 Å². The molecule has 0 N–H and O–H groups in total. The summed E-state index contributed by atoms with van der Waals surface area (Å²) in [6.07, 6.45) is 6.38. The van der Waals surface area contributed by atoms with E-state index >= 15 is 0 Å². The molecule has 0 saturated carbocycles. The average molecular weight is 342 g/mol. The van der Waals surface area contributed by atoms with Gasteiger partial charge in [0.15, 0.2) is 0 Å². The third kappa shape index (κ3) is 6.27. The van der Waals surface area contributed by atoms with Crippen LogP contribution in [-0.4, -0.2) is 65.5 Å². The predicted molar refractivity (Wildman–Crippen MR) is 100 cm³/mol. The molecule has 2 aromatic rings. The molecule has 1 aromatic heterocycles. The van der Waals surface area contributed by atoms with Crippen LogP contribution in [0.3, 0.4) is 0 Å². The Labute approximate surface area is 151 Å². The van der Waals surface area contributed by atoms with Crippen molar-refractivity contribution in [2.75, 3.05) is 39.8 Å². The highest BCUT2D eigenvalue weighted by Crippen LogP contribution is 2.11. The largest absolute Gasteiger partial charge is 0.376 e. The van der Waals surface area contributed by atoms with Crippen LogP contribution in [0.25, 0.3) is 0 Å². The SMILES string of the molecule is CN(CCCn1cccn1)C[C@H]1CN(Cc2ccccc2)CCCO1. The molecule has 5 heteroatoms. The van der Waals surface area contributed by atoms with E-state index in [1.807, 2.05) is 23.1 Å². The topological polar surface area (TPSA) is 33.5 Å². The van der Waals surface area contributed by atoms with Crippen LogP contribution in [0.2, 0.25) is 0 Å². The van der Waals surface area contributed by atoms with Crippen molar-refractivity contribution in [3.05, 3.63) is 54.4 Å². The Morgan fingerprint density at radius 3 is 2.92 bits per heavy atom. The maximum Gasteiger partial charge on any atom is 0.0828 e. The molecular weight excluding hydrogens is 312 g/mol. The Morgan fingerprint density at radius 2 is 2.12 bits per heavy atom. The molecule has 25 heavy (non-hydrogen) atoms. The van der Waals surface area contributed by atoms with Crippen LogP contribution in [0.5, 0.6) is 0 Å². The van der Waals surface area contributed by atoms with Gasteiger partial charge in [-0.05, 0) is 38.1 Å². The number of ether oxygens (including phenoxy) is 1. The fourth-order valence-corrected chi connectivity index (χ4v) is 3.44. The molecule has 136 valence electrons. The average Bonchev–Trinajstić information content (AvgIpc) is 3.03. The summed E-state index contributed by atoms with van der Waals surface area (Å²) in [5, 5.41) is 4.26. The summed E-state index contributed by atoms with van der Waals surface area (Å²) in [5.41, 5.74) is 1.38. The first kappa shape index (κ1) is 18.1. The number of nitrogens with zero attached hydrogens (tertiary/aromatic N) is 4. The highest BCUT2D eigenvalue weighted by Gasteiger charge is 2.20. The fourth-order valence-electron chi connectivity index (χ4n) is 3.44. The lowest BCUT2D eigenvalue weighted by Crippen LogP contribution is -2.39. The number of benzene rings is 1. The van der Waals surface area contributed by atoms with E-state index in [4.69, 9.17) is 4.74 Å². The maximum absolute atomic E-state index is 6.09. The van der Waals surface area contributed by atoms with E-state index in [1.165, 1.54) is 5.56 Å². The lowest BCUT2D eigenvalue weighted by Gasteiger charge is -2.27.